The first-order valence-corrected chi connectivity index (χ1v) is 7.42. The summed E-state index contributed by atoms with van der Waals surface area (Å²) in [7, 11) is 0. The van der Waals surface area contributed by atoms with E-state index in [2.05, 4.69) is 0 Å². The quantitative estimate of drug-likeness (QED) is 0.477. The Hall–Kier alpha value is -2.07. The zero-order valence-electron chi connectivity index (χ0n) is 12.3. The number of alkyl halides is 1. The fourth-order valence-corrected chi connectivity index (χ4v) is 2.59. The highest BCUT2D eigenvalue weighted by molar-refractivity contribution is 6.48. The van der Waals surface area contributed by atoms with Crippen molar-refractivity contribution in [2.45, 2.75) is 31.2 Å². The number of halogens is 1. The van der Waals surface area contributed by atoms with Crippen LogP contribution < -0.4 is 4.74 Å². The molecule has 0 N–H and O–H groups in total. The lowest BCUT2D eigenvalue weighted by atomic mass is 9.87. The van der Waals surface area contributed by atoms with E-state index in [0.29, 0.717) is 11.5 Å². The Balaban J connectivity index is 2.00. The molecule has 0 spiro atoms. The van der Waals surface area contributed by atoms with E-state index in [0.717, 1.165) is 0 Å². The topological polar surface area (TPSA) is 52.6 Å². The number of hydrogen-bond acceptors (Lipinski definition) is 4. The second kappa shape index (κ2) is 5.29. The van der Waals surface area contributed by atoms with Gasteiger partial charge in [0.2, 0.25) is 11.6 Å². The smallest absolute Gasteiger partial charge is 0.232 e. The minimum atomic E-state index is -0.653. The SMILES string of the molecule is CC1(C)OC2=C(C[C@H]1Cl)C(=O)C(=O)C=C2Oc1ccccc1. The van der Waals surface area contributed by atoms with Crippen LogP contribution in [0.5, 0.6) is 5.75 Å². The predicted octanol–water partition coefficient (Wildman–Crippen LogP) is 3.16. The number of ether oxygens (including phenoxy) is 2. The Labute approximate surface area is 133 Å². The summed E-state index contributed by atoms with van der Waals surface area (Å²) >= 11 is 6.27. The van der Waals surface area contributed by atoms with E-state index in [1.54, 1.807) is 12.1 Å². The lowest BCUT2D eigenvalue weighted by Gasteiger charge is -2.38. The molecule has 0 unspecified atom stereocenters. The number of carbonyl (C=O) groups excluding carboxylic acids is 2. The predicted molar refractivity (Wildman–Crippen MR) is 81.6 cm³/mol. The molecule has 1 aliphatic carbocycles. The Bertz CT molecular complexity index is 701. The van der Waals surface area contributed by atoms with Gasteiger partial charge in [-0.15, -0.1) is 11.6 Å². The van der Waals surface area contributed by atoms with Gasteiger partial charge in [-0.25, -0.2) is 0 Å². The largest absolute Gasteiger partial charge is 0.482 e. The van der Waals surface area contributed by atoms with E-state index in [1.807, 2.05) is 32.0 Å². The Kier molecular flexibility index (Phi) is 3.57. The molecule has 1 heterocycles. The van der Waals surface area contributed by atoms with Crippen LogP contribution >= 0.6 is 11.6 Å². The zero-order chi connectivity index (χ0) is 15.9. The van der Waals surface area contributed by atoms with Gasteiger partial charge in [-0.1, -0.05) is 18.2 Å². The van der Waals surface area contributed by atoms with Crippen LogP contribution in [0.25, 0.3) is 0 Å². The van der Waals surface area contributed by atoms with Gasteiger partial charge >= 0.3 is 0 Å². The van der Waals surface area contributed by atoms with Gasteiger partial charge in [-0.05, 0) is 26.0 Å². The van der Waals surface area contributed by atoms with Gasteiger partial charge in [0.25, 0.3) is 0 Å². The summed E-state index contributed by atoms with van der Waals surface area (Å²) in [6.07, 6.45) is 1.46. The highest BCUT2D eigenvalue weighted by atomic mass is 35.5. The van der Waals surface area contributed by atoms with Crippen molar-refractivity contribution in [3.05, 3.63) is 53.5 Å². The number of hydrogen-bond donors (Lipinski definition) is 0. The standard InChI is InChI=1S/C17H15ClO4/c1-17(2)14(18)8-11-15(20)12(19)9-13(16(11)22-17)21-10-6-4-3-5-7-10/h3-7,9,14H,8H2,1-2H3/t14-/m1/s1. The molecule has 1 aromatic carbocycles. The zero-order valence-corrected chi connectivity index (χ0v) is 13.0. The Morgan fingerprint density at radius 2 is 1.91 bits per heavy atom. The lowest BCUT2D eigenvalue weighted by molar-refractivity contribution is -0.132. The average Bonchev–Trinajstić information content (AvgIpc) is 2.48. The minimum absolute atomic E-state index is 0.252. The molecule has 4 nitrogen and oxygen atoms in total. The first-order valence-electron chi connectivity index (χ1n) is 6.98. The van der Waals surface area contributed by atoms with E-state index in [-0.39, 0.29) is 23.1 Å². The fraction of sp³-hybridized carbons (Fsp3) is 0.294. The van der Waals surface area contributed by atoms with Crippen LogP contribution in [0, 0.1) is 0 Å². The molecule has 0 radical (unpaired) electrons. The number of para-hydroxylation sites is 1. The summed E-state index contributed by atoms with van der Waals surface area (Å²) in [5.74, 6) is -0.0524. The molecule has 22 heavy (non-hydrogen) atoms. The fourth-order valence-electron chi connectivity index (χ4n) is 2.39. The second-order valence-corrected chi connectivity index (χ2v) is 6.33. The molecule has 0 fully saturated rings. The molecule has 3 rings (SSSR count). The van der Waals surface area contributed by atoms with Gasteiger partial charge < -0.3 is 9.47 Å². The van der Waals surface area contributed by atoms with Crippen LogP contribution in [0.15, 0.2) is 53.5 Å². The highest BCUT2D eigenvalue weighted by Gasteiger charge is 2.43. The van der Waals surface area contributed by atoms with Gasteiger partial charge in [-0.3, -0.25) is 9.59 Å². The summed E-state index contributed by atoms with van der Waals surface area (Å²) in [5.41, 5.74) is -0.363. The maximum Gasteiger partial charge on any atom is 0.232 e. The second-order valence-electron chi connectivity index (χ2n) is 5.80. The van der Waals surface area contributed by atoms with Crippen molar-refractivity contribution < 1.29 is 19.1 Å². The van der Waals surface area contributed by atoms with Gasteiger partial charge in [0.15, 0.2) is 11.5 Å². The van der Waals surface area contributed by atoms with Crippen LogP contribution in [-0.2, 0) is 14.3 Å². The molecule has 1 aliphatic heterocycles. The van der Waals surface area contributed by atoms with E-state index in [1.165, 1.54) is 6.08 Å². The molecule has 1 aromatic rings. The molecule has 5 heteroatoms. The highest BCUT2D eigenvalue weighted by Crippen LogP contribution is 2.40. The summed E-state index contributed by atoms with van der Waals surface area (Å²) < 4.78 is 11.6. The molecule has 0 aromatic heterocycles. The van der Waals surface area contributed by atoms with Crippen molar-refractivity contribution in [2.24, 2.45) is 0 Å². The number of rotatable bonds is 2. The molecular formula is C17H15ClO4. The van der Waals surface area contributed by atoms with Crippen molar-refractivity contribution in [1.29, 1.82) is 0 Å². The van der Waals surface area contributed by atoms with Crippen molar-refractivity contribution >= 4 is 23.2 Å². The number of Topliss-reactive ketones (excluding diaryl/α,β-unsaturated/α-hetero) is 1. The van der Waals surface area contributed by atoms with Gasteiger partial charge in [-0.2, -0.15) is 0 Å². The third kappa shape index (κ3) is 2.55. The summed E-state index contributed by atoms with van der Waals surface area (Å²) in [6, 6.07) is 9.03. The van der Waals surface area contributed by atoms with Crippen LogP contribution in [0.4, 0.5) is 0 Å². The van der Waals surface area contributed by atoms with Crippen molar-refractivity contribution in [2.75, 3.05) is 0 Å². The summed E-state index contributed by atoms with van der Waals surface area (Å²) in [6.45, 7) is 3.69. The number of benzene rings is 1. The monoisotopic (exact) mass is 318 g/mol. The van der Waals surface area contributed by atoms with Crippen LogP contribution in [0.1, 0.15) is 20.3 Å². The third-order valence-corrected chi connectivity index (χ3v) is 4.41. The van der Waals surface area contributed by atoms with E-state index < -0.39 is 17.2 Å². The molecule has 0 amide bonds. The van der Waals surface area contributed by atoms with E-state index >= 15 is 0 Å². The summed E-state index contributed by atoms with van der Waals surface area (Å²) in [5, 5.41) is -0.390. The molecular weight excluding hydrogens is 304 g/mol. The van der Waals surface area contributed by atoms with E-state index in [4.69, 9.17) is 21.1 Å². The minimum Gasteiger partial charge on any atom is -0.482 e. The van der Waals surface area contributed by atoms with Gasteiger partial charge in [0, 0.05) is 12.5 Å². The average molecular weight is 319 g/mol. The normalized spacial score (nSPS) is 23.6. The number of allylic oxidation sites excluding steroid dienone is 2. The van der Waals surface area contributed by atoms with Crippen molar-refractivity contribution in [3.8, 4) is 5.75 Å². The third-order valence-electron chi connectivity index (χ3n) is 3.73. The Morgan fingerprint density at radius 1 is 1.23 bits per heavy atom. The van der Waals surface area contributed by atoms with Crippen LogP contribution in [-0.4, -0.2) is 22.5 Å². The molecule has 1 atom stereocenters. The maximum atomic E-state index is 12.1. The molecule has 0 bridgehead atoms. The van der Waals surface area contributed by atoms with Gasteiger partial charge in [0.1, 0.15) is 11.4 Å². The molecule has 0 saturated heterocycles. The van der Waals surface area contributed by atoms with E-state index in [9.17, 15) is 9.59 Å². The molecule has 2 aliphatic rings. The van der Waals surface area contributed by atoms with Crippen molar-refractivity contribution in [3.63, 3.8) is 0 Å². The van der Waals surface area contributed by atoms with Crippen molar-refractivity contribution in [1.82, 2.24) is 0 Å². The first kappa shape index (κ1) is 14.9. The molecule has 0 saturated carbocycles. The Morgan fingerprint density at radius 3 is 2.59 bits per heavy atom. The maximum absolute atomic E-state index is 12.1. The van der Waals surface area contributed by atoms with Crippen LogP contribution in [0.2, 0.25) is 0 Å². The van der Waals surface area contributed by atoms with Gasteiger partial charge in [0.05, 0.1) is 11.0 Å². The first-order chi connectivity index (χ1) is 10.4. The van der Waals surface area contributed by atoms with Crippen LogP contribution in [0.3, 0.4) is 0 Å². The summed E-state index contributed by atoms with van der Waals surface area (Å²) in [4.78, 5) is 23.9. The number of carbonyl (C=O) groups is 2. The number of ketones is 2. The molecule has 114 valence electrons. The lowest BCUT2D eigenvalue weighted by Crippen LogP contribution is -2.43.